The zero-order chi connectivity index (χ0) is 19.6. The van der Waals surface area contributed by atoms with Gasteiger partial charge in [0.2, 0.25) is 0 Å². The van der Waals surface area contributed by atoms with E-state index in [-0.39, 0.29) is 5.41 Å². The number of piperidine rings is 1. The lowest BCUT2D eigenvalue weighted by Gasteiger charge is -2.44. The minimum Gasteiger partial charge on any atom is -0.598 e. The highest BCUT2D eigenvalue weighted by atomic mass is 32.3. The fourth-order valence-corrected chi connectivity index (χ4v) is 5.79. The van der Waals surface area contributed by atoms with Gasteiger partial charge >= 0.3 is 0 Å². The van der Waals surface area contributed by atoms with E-state index in [9.17, 15) is 8.76 Å². The van der Waals surface area contributed by atoms with E-state index < -0.39 is 10.4 Å². The highest BCUT2D eigenvalue weighted by Gasteiger charge is 2.42. The molecule has 0 aliphatic carbocycles. The second-order valence-electron chi connectivity index (χ2n) is 8.59. The van der Waals surface area contributed by atoms with E-state index in [1.807, 2.05) is 6.07 Å². The molecule has 5 heteroatoms. The molecule has 0 radical (unpaired) electrons. The molecule has 4 rings (SSSR count). The number of benzene rings is 2. The van der Waals surface area contributed by atoms with Crippen LogP contribution in [0.5, 0.6) is 0 Å². The first-order valence-corrected chi connectivity index (χ1v) is 12.1. The fraction of sp³-hybridized carbons (Fsp3) is 0.478. The molecule has 0 aromatic heterocycles. The maximum Gasteiger partial charge on any atom is 0.122 e. The Morgan fingerprint density at radius 3 is 2.50 bits per heavy atom. The molecular weight excluding hydrogens is 368 g/mol. The molecule has 2 atom stereocenters. The maximum atomic E-state index is 12.5. The van der Waals surface area contributed by atoms with Crippen LogP contribution in [0.25, 0.3) is 0 Å². The van der Waals surface area contributed by atoms with Gasteiger partial charge in [-0.25, -0.2) is 0 Å². The second kappa shape index (κ2) is 8.07. The molecule has 2 aliphatic rings. The van der Waals surface area contributed by atoms with E-state index in [1.54, 1.807) is 4.31 Å². The Balaban J connectivity index is 1.55. The van der Waals surface area contributed by atoms with Crippen molar-refractivity contribution in [2.24, 2.45) is 5.41 Å². The van der Waals surface area contributed by atoms with Gasteiger partial charge in [-0.3, -0.25) is 0 Å². The lowest BCUT2D eigenvalue weighted by atomic mass is 9.75. The van der Waals surface area contributed by atoms with E-state index in [1.165, 1.54) is 17.4 Å². The molecule has 2 aromatic rings. The standard InChI is InChI=1S/C23H30N2O2S/c1-28(26,27)25-17-22-11-6-5-10-21(22)16-23(19-25)13-7-14-24(18-23)15-12-20-8-3-2-4-9-20/h2-6,8-11H,7,12-19H2,1H3. The molecule has 0 bridgehead atoms. The van der Waals surface area contributed by atoms with Crippen LogP contribution in [0, 0.1) is 5.41 Å². The molecule has 1 spiro atoms. The lowest BCUT2D eigenvalue weighted by Crippen LogP contribution is -2.51. The first kappa shape index (κ1) is 19.8. The first-order valence-electron chi connectivity index (χ1n) is 10.2. The van der Waals surface area contributed by atoms with E-state index in [0.717, 1.165) is 50.9 Å². The average molecular weight is 399 g/mol. The van der Waals surface area contributed by atoms with Crippen molar-refractivity contribution in [2.75, 3.05) is 32.4 Å². The number of rotatable bonds is 4. The van der Waals surface area contributed by atoms with Crippen LogP contribution in [-0.2, 0) is 34.0 Å². The predicted octanol–water partition coefficient (Wildman–Crippen LogP) is 3.54. The SMILES string of the molecule is C[S+](=O)([O-])N1Cc2ccccc2CC2(CCCN(CCc3ccccc3)C2)C1. The smallest absolute Gasteiger partial charge is 0.122 e. The number of fused-ring (bicyclic) bond motifs is 1. The summed E-state index contributed by atoms with van der Waals surface area (Å²) in [6.45, 7) is 4.24. The van der Waals surface area contributed by atoms with Crippen LogP contribution >= 0.6 is 0 Å². The average Bonchev–Trinajstić information content (AvgIpc) is 2.83. The molecule has 0 amide bonds. The Labute approximate surface area is 169 Å². The van der Waals surface area contributed by atoms with E-state index in [0.29, 0.717) is 13.1 Å². The van der Waals surface area contributed by atoms with Crippen molar-refractivity contribution >= 4 is 10.4 Å². The molecule has 2 aromatic carbocycles. The molecule has 2 aliphatic heterocycles. The highest BCUT2D eigenvalue weighted by Crippen LogP contribution is 2.39. The van der Waals surface area contributed by atoms with Crippen molar-refractivity contribution in [2.45, 2.75) is 32.2 Å². The highest BCUT2D eigenvalue weighted by molar-refractivity contribution is 7.94. The Kier molecular flexibility index (Phi) is 5.70. The van der Waals surface area contributed by atoms with Gasteiger partial charge in [-0.05, 0) is 48.9 Å². The van der Waals surface area contributed by atoms with Gasteiger partial charge in [0.25, 0.3) is 0 Å². The molecule has 150 valence electrons. The van der Waals surface area contributed by atoms with Crippen LogP contribution in [0.2, 0.25) is 0 Å². The largest absolute Gasteiger partial charge is 0.598 e. The van der Waals surface area contributed by atoms with Gasteiger partial charge < -0.3 is 9.45 Å². The van der Waals surface area contributed by atoms with Crippen LogP contribution in [0.1, 0.15) is 29.5 Å². The molecule has 2 heterocycles. The summed E-state index contributed by atoms with van der Waals surface area (Å²) in [6.07, 6.45) is 5.59. The third-order valence-electron chi connectivity index (χ3n) is 6.31. The van der Waals surface area contributed by atoms with Crippen molar-refractivity contribution < 1.29 is 8.76 Å². The number of hydrogen-bond acceptors (Lipinski definition) is 3. The molecule has 1 saturated heterocycles. The van der Waals surface area contributed by atoms with Gasteiger partial charge in [-0.15, -0.1) is 4.31 Å². The quantitative estimate of drug-likeness (QED) is 0.740. The summed E-state index contributed by atoms with van der Waals surface area (Å²) in [5, 5.41) is 0. The van der Waals surface area contributed by atoms with Gasteiger partial charge in [0.1, 0.15) is 16.7 Å². The van der Waals surface area contributed by atoms with Crippen LogP contribution in [0.15, 0.2) is 54.6 Å². The monoisotopic (exact) mass is 398 g/mol. The Hall–Kier alpha value is -1.53. The van der Waals surface area contributed by atoms with Crippen molar-refractivity contribution in [1.82, 2.24) is 9.21 Å². The van der Waals surface area contributed by atoms with E-state index >= 15 is 0 Å². The molecule has 4 nitrogen and oxygen atoms in total. The van der Waals surface area contributed by atoms with Crippen molar-refractivity contribution in [3.8, 4) is 0 Å². The summed E-state index contributed by atoms with van der Waals surface area (Å²) in [5.74, 6) is 0. The zero-order valence-corrected chi connectivity index (χ0v) is 17.5. The van der Waals surface area contributed by atoms with Crippen LogP contribution in [0.3, 0.4) is 0 Å². The fourth-order valence-electron chi connectivity index (χ4n) is 4.90. The first-order chi connectivity index (χ1) is 13.4. The summed E-state index contributed by atoms with van der Waals surface area (Å²) in [4.78, 5) is 2.55. The van der Waals surface area contributed by atoms with Gasteiger partial charge in [-0.1, -0.05) is 58.8 Å². The summed E-state index contributed by atoms with van der Waals surface area (Å²) in [6, 6.07) is 19.0. The third kappa shape index (κ3) is 4.54. The number of likely N-dealkylation sites (tertiary alicyclic amines) is 1. The number of nitrogens with zero attached hydrogens (tertiary/aromatic N) is 2. The van der Waals surface area contributed by atoms with E-state index in [2.05, 4.69) is 53.4 Å². The second-order valence-corrected chi connectivity index (χ2v) is 10.6. The van der Waals surface area contributed by atoms with Crippen molar-refractivity contribution in [3.63, 3.8) is 0 Å². The topological polar surface area (TPSA) is 46.6 Å². The summed E-state index contributed by atoms with van der Waals surface area (Å²) >= 11 is 0. The Bertz CT molecular complexity index is 851. The molecule has 28 heavy (non-hydrogen) atoms. The normalized spacial score (nSPS) is 25.8. The van der Waals surface area contributed by atoms with Crippen LogP contribution in [-0.4, -0.2) is 46.2 Å². The van der Waals surface area contributed by atoms with Gasteiger partial charge in [0.15, 0.2) is 0 Å². The minimum atomic E-state index is -3.23. The number of sulfonamides is 1. The summed E-state index contributed by atoms with van der Waals surface area (Å²) in [5.41, 5.74) is 3.85. The molecular formula is C23H30N2O2S. The Morgan fingerprint density at radius 2 is 1.75 bits per heavy atom. The zero-order valence-electron chi connectivity index (χ0n) is 16.7. The molecule has 1 fully saturated rings. The van der Waals surface area contributed by atoms with E-state index in [4.69, 9.17) is 0 Å². The molecule has 2 unspecified atom stereocenters. The van der Waals surface area contributed by atoms with Crippen molar-refractivity contribution in [1.29, 1.82) is 0 Å². The van der Waals surface area contributed by atoms with Gasteiger partial charge in [0, 0.05) is 18.5 Å². The van der Waals surface area contributed by atoms with Crippen LogP contribution in [0.4, 0.5) is 0 Å². The third-order valence-corrected chi connectivity index (χ3v) is 7.51. The van der Waals surface area contributed by atoms with Gasteiger partial charge in [-0.2, -0.15) is 0 Å². The Morgan fingerprint density at radius 1 is 1.04 bits per heavy atom. The van der Waals surface area contributed by atoms with Crippen LogP contribution < -0.4 is 0 Å². The van der Waals surface area contributed by atoms with Crippen molar-refractivity contribution in [3.05, 3.63) is 71.3 Å². The summed E-state index contributed by atoms with van der Waals surface area (Å²) in [7, 11) is -3.23. The predicted molar refractivity (Wildman–Crippen MR) is 114 cm³/mol. The number of hydrogen-bond donors (Lipinski definition) is 0. The minimum absolute atomic E-state index is 0.00458. The molecule has 0 N–H and O–H groups in total. The molecule has 0 saturated carbocycles. The summed E-state index contributed by atoms with van der Waals surface area (Å²) < 4.78 is 26.7. The van der Waals surface area contributed by atoms with Gasteiger partial charge in [0.05, 0.1) is 13.1 Å². The maximum absolute atomic E-state index is 12.5. The lowest BCUT2D eigenvalue weighted by molar-refractivity contribution is 0.0713.